The summed E-state index contributed by atoms with van der Waals surface area (Å²) in [7, 11) is 1.56. The van der Waals surface area contributed by atoms with E-state index in [-0.39, 0.29) is 31.2 Å². The van der Waals surface area contributed by atoms with Crippen LogP contribution >= 0.6 is 11.8 Å². The molecule has 2 aliphatic heterocycles. The third kappa shape index (κ3) is 5.71. The van der Waals surface area contributed by atoms with Gasteiger partial charge in [0.1, 0.15) is 36.1 Å². The molecule has 0 bridgehead atoms. The number of ether oxygens (including phenoxy) is 3. The third-order valence-corrected chi connectivity index (χ3v) is 7.08. The molecule has 2 aromatic carbocycles. The van der Waals surface area contributed by atoms with Crippen LogP contribution in [-0.4, -0.2) is 59.5 Å². The maximum atomic E-state index is 13.1. The smallest absolute Gasteiger partial charge is 0.355 e. The van der Waals surface area contributed by atoms with Crippen molar-refractivity contribution < 1.29 is 33.4 Å². The molecular weight excluding hydrogens is 484 g/mol. The number of benzene rings is 2. The zero-order valence-electron chi connectivity index (χ0n) is 19.9. The van der Waals surface area contributed by atoms with Gasteiger partial charge in [-0.2, -0.15) is 0 Å². The van der Waals surface area contributed by atoms with E-state index in [1.807, 2.05) is 30.3 Å². The summed E-state index contributed by atoms with van der Waals surface area (Å²) in [6.07, 6.45) is 0.145. The van der Waals surface area contributed by atoms with Crippen molar-refractivity contribution >= 4 is 35.5 Å². The zero-order chi connectivity index (χ0) is 25.7. The van der Waals surface area contributed by atoms with Crippen LogP contribution < -0.4 is 10.1 Å². The van der Waals surface area contributed by atoms with E-state index >= 15 is 0 Å². The first-order valence-corrected chi connectivity index (χ1v) is 12.4. The van der Waals surface area contributed by atoms with Crippen LogP contribution in [0.15, 0.2) is 65.9 Å². The van der Waals surface area contributed by atoms with Crippen LogP contribution in [0.1, 0.15) is 18.1 Å². The predicted molar refractivity (Wildman–Crippen MR) is 132 cm³/mol. The number of nitrogens with zero attached hydrogens (tertiary/aromatic N) is 1. The Morgan fingerprint density at radius 3 is 2.39 bits per heavy atom. The maximum Gasteiger partial charge on any atom is 0.355 e. The summed E-state index contributed by atoms with van der Waals surface area (Å²) in [5.41, 5.74) is 2.12. The third-order valence-electron chi connectivity index (χ3n) is 5.74. The molecule has 2 amide bonds. The molecule has 0 aromatic heterocycles. The minimum Gasteiger partial charge on any atom is -0.497 e. The molecule has 2 atom stereocenters. The molecule has 9 nitrogen and oxygen atoms in total. The molecule has 36 heavy (non-hydrogen) atoms. The Morgan fingerprint density at radius 2 is 1.72 bits per heavy atom. The monoisotopic (exact) mass is 510 g/mol. The van der Waals surface area contributed by atoms with Gasteiger partial charge < -0.3 is 19.5 Å². The SMILES string of the molecule is COc1ccc(COC(=O)C2=C(COC(C)=O)CS[C@@H]3C(NC(=O)Cc4ccccc4)C(=O)N23)cc1. The normalized spacial score (nSPS) is 18.6. The van der Waals surface area contributed by atoms with Crippen LogP contribution in [0.4, 0.5) is 0 Å². The molecule has 1 N–H and O–H groups in total. The number of amides is 2. The number of methoxy groups -OCH3 is 1. The van der Waals surface area contributed by atoms with Gasteiger partial charge in [-0.15, -0.1) is 11.8 Å². The summed E-state index contributed by atoms with van der Waals surface area (Å²) >= 11 is 1.39. The van der Waals surface area contributed by atoms with Gasteiger partial charge in [0.15, 0.2) is 0 Å². The van der Waals surface area contributed by atoms with Crippen LogP contribution in [0.25, 0.3) is 0 Å². The van der Waals surface area contributed by atoms with E-state index in [0.717, 1.165) is 11.1 Å². The summed E-state index contributed by atoms with van der Waals surface area (Å²) in [5, 5.41) is 2.33. The lowest BCUT2D eigenvalue weighted by Gasteiger charge is -2.49. The zero-order valence-corrected chi connectivity index (χ0v) is 20.7. The Hall–Kier alpha value is -3.79. The van der Waals surface area contributed by atoms with E-state index in [2.05, 4.69) is 5.32 Å². The fourth-order valence-corrected chi connectivity index (χ4v) is 5.24. The van der Waals surface area contributed by atoms with Crippen molar-refractivity contribution in [1.29, 1.82) is 0 Å². The Labute approximate surface area is 212 Å². The second-order valence-corrected chi connectivity index (χ2v) is 9.38. The van der Waals surface area contributed by atoms with Crippen molar-refractivity contribution in [2.24, 2.45) is 0 Å². The molecule has 4 rings (SSSR count). The molecule has 1 unspecified atom stereocenters. The molecule has 1 saturated heterocycles. The van der Waals surface area contributed by atoms with Crippen molar-refractivity contribution in [3.05, 3.63) is 77.0 Å². The molecular formula is C26H26N2O7S. The molecule has 188 valence electrons. The standard InChI is InChI=1S/C26H26N2O7S/c1-16(29)34-14-19-15-36-25-22(27-21(30)12-17-6-4-3-5-7-17)24(31)28(25)23(19)26(32)35-13-18-8-10-20(33-2)11-9-18/h3-11,22,25H,12-15H2,1-2H3,(H,27,30)/t22?,25-/m1/s1. The predicted octanol–water partition coefficient (Wildman–Crippen LogP) is 2.20. The van der Waals surface area contributed by atoms with Gasteiger partial charge in [-0.05, 0) is 23.3 Å². The molecule has 10 heteroatoms. The number of fused-ring (bicyclic) bond motifs is 1. The van der Waals surface area contributed by atoms with Crippen LogP contribution in [0, 0.1) is 0 Å². The second-order valence-electron chi connectivity index (χ2n) is 8.27. The number of hydrogen-bond donors (Lipinski definition) is 1. The van der Waals surface area contributed by atoms with Gasteiger partial charge in [-0.3, -0.25) is 19.3 Å². The number of thioether (sulfide) groups is 1. The highest BCUT2D eigenvalue weighted by Crippen LogP contribution is 2.41. The first-order valence-electron chi connectivity index (χ1n) is 11.3. The number of β-lactam (4-membered cyclic amide) rings is 1. The van der Waals surface area contributed by atoms with E-state index in [1.165, 1.54) is 23.6 Å². The Kier molecular flexibility index (Phi) is 7.94. The number of nitrogens with one attached hydrogen (secondary N) is 1. The summed E-state index contributed by atoms with van der Waals surface area (Å²) in [6, 6.07) is 15.5. The number of carbonyl (C=O) groups excluding carboxylic acids is 4. The number of hydrogen-bond acceptors (Lipinski definition) is 8. The van der Waals surface area contributed by atoms with Crippen LogP contribution in [0.5, 0.6) is 5.75 Å². The molecule has 0 spiro atoms. The average molecular weight is 511 g/mol. The molecule has 2 aromatic rings. The van der Waals surface area contributed by atoms with Gasteiger partial charge in [-0.1, -0.05) is 42.5 Å². The fourth-order valence-electron chi connectivity index (χ4n) is 3.92. The van der Waals surface area contributed by atoms with Crippen LogP contribution in [0.2, 0.25) is 0 Å². The Bertz CT molecular complexity index is 1180. The number of esters is 2. The highest BCUT2D eigenvalue weighted by Gasteiger charge is 2.54. The molecule has 1 fully saturated rings. The maximum absolute atomic E-state index is 13.1. The van der Waals surface area contributed by atoms with Gasteiger partial charge in [0, 0.05) is 18.2 Å². The second kappa shape index (κ2) is 11.3. The first kappa shape index (κ1) is 25.3. The first-order chi connectivity index (χ1) is 17.4. The minimum absolute atomic E-state index is 0.00967. The van der Waals surface area contributed by atoms with E-state index in [4.69, 9.17) is 14.2 Å². The topological polar surface area (TPSA) is 111 Å². The summed E-state index contributed by atoms with van der Waals surface area (Å²) < 4.78 is 15.8. The van der Waals surface area contributed by atoms with Crippen molar-refractivity contribution in [2.45, 2.75) is 31.4 Å². The molecule has 0 radical (unpaired) electrons. The average Bonchev–Trinajstić information content (AvgIpc) is 2.89. The molecule has 0 saturated carbocycles. The van der Waals surface area contributed by atoms with Gasteiger partial charge in [0.25, 0.3) is 5.91 Å². The molecule has 0 aliphatic carbocycles. The minimum atomic E-state index is -0.758. The fraction of sp³-hybridized carbons (Fsp3) is 0.308. The summed E-state index contributed by atoms with van der Waals surface area (Å²) in [4.78, 5) is 51.4. The Balaban J connectivity index is 1.46. The van der Waals surface area contributed by atoms with Gasteiger partial charge in [0.2, 0.25) is 5.91 Å². The van der Waals surface area contributed by atoms with Crippen molar-refractivity contribution in [3.63, 3.8) is 0 Å². The number of carbonyl (C=O) groups is 4. The lowest BCUT2D eigenvalue weighted by Crippen LogP contribution is -2.70. The van der Waals surface area contributed by atoms with E-state index < -0.39 is 29.3 Å². The summed E-state index contributed by atoms with van der Waals surface area (Å²) in [6.45, 7) is 1.13. The Morgan fingerprint density at radius 1 is 1.00 bits per heavy atom. The number of rotatable bonds is 9. The van der Waals surface area contributed by atoms with Crippen molar-refractivity contribution in [1.82, 2.24) is 10.2 Å². The van der Waals surface area contributed by atoms with E-state index in [9.17, 15) is 19.2 Å². The molecule has 2 heterocycles. The van der Waals surface area contributed by atoms with Crippen LogP contribution in [0.3, 0.4) is 0 Å². The highest BCUT2D eigenvalue weighted by atomic mass is 32.2. The lowest BCUT2D eigenvalue weighted by molar-refractivity contribution is -0.153. The highest BCUT2D eigenvalue weighted by molar-refractivity contribution is 8.00. The molecule has 2 aliphatic rings. The van der Waals surface area contributed by atoms with Crippen molar-refractivity contribution in [2.75, 3.05) is 19.5 Å². The summed E-state index contributed by atoms with van der Waals surface area (Å²) in [5.74, 6) is -0.861. The van der Waals surface area contributed by atoms with Crippen molar-refractivity contribution in [3.8, 4) is 5.75 Å². The largest absolute Gasteiger partial charge is 0.497 e. The van der Waals surface area contributed by atoms with Crippen LogP contribution in [-0.2, 0) is 41.7 Å². The van der Waals surface area contributed by atoms with Gasteiger partial charge in [0.05, 0.1) is 13.5 Å². The van der Waals surface area contributed by atoms with E-state index in [1.54, 1.807) is 31.4 Å². The lowest BCUT2D eigenvalue weighted by atomic mass is 10.0. The quantitative estimate of drug-likeness (QED) is 0.404. The van der Waals surface area contributed by atoms with Gasteiger partial charge >= 0.3 is 11.9 Å². The van der Waals surface area contributed by atoms with E-state index in [0.29, 0.717) is 17.1 Å². The van der Waals surface area contributed by atoms with Gasteiger partial charge in [-0.25, -0.2) is 4.79 Å².